The van der Waals surface area contributed by atoms with Crippen molar-refractivity contribution in [3.05, 3.63) is 59.9 Å². The van der Waals surface area contributed by atoms with Crippen molar-refractivity contribution in [1.29, 1.82) is 0 Å². The van der Waals surface area contributed by atoms with Crippen LogP contribution in [0.3, 0.4) is 0 Å². The Bertz CT molecular complexity index is 734. The molecule has 0 radical (unpaired) electrons. The lowest BCUT2D eigenvalue weighted by Gasteiger charge is -2.06. The molecular formula is C18H16FNO3. The number of carbonyl (C=O) groups is 1. The molecule has 23 heavy (non-hydrogen) atoms. The molecule has 0 aliphatic heterocycles. The summed E-state index contributed by atoms with van der Waals surface area (Å²) in [6.07, 6.45) is 0. The van der Waals surface area contributed by atoms with Crippen LogP contribution >= 0.6 is 0 Å². The molecule has 2 aromatic rings. The molecule has 0 heterocycles. The number of halogens is 1. The lowest BCUT2D eigenvalue weighted by molar-refractivity contribution is -0.122. The maximum absolute atomic E-state index is 13.3. The number of methoxy groups -OCH3 is 1. The summed E-state index contributed by atoms with van der Waals surface area (Å²) in [5.41, 5.74) is 0.742. The molecule has 0 spiro atoms. The first-order valence-corrected chi connectivity index (χ1v) is 6.96. The van der Waals surface area contributed by atoms with Crippen LogP contribution in [0.15, 0.2) is 48.5 Å². The summed E-state index contributed by atoms with van der Waals surface area (Å²) in [6.45, 7) is -0.102. The molecule has 1 amide bonds. The molecule has 4 nitrogen and oxygen atoms in total. The van der Waals surface area contributed by atoms with Gasteiger partial charge in [0.25, 0.3) is 5.91 Å². The summed E-state index contributed by atoms with van der Waals surface area (Å²) in [5, 5.41) is 2.58. The predicted molar refractivity (Wildman–Crippen MR) is 84.8 cm³/mol. The number of benzene rings is 2. The molecular weight excluding hydrogens is 297 g/mol. The number of ether oxygens (including phenoxy) is 2. The number of amides is 1. The van der Waals surface area contributed by atoms with Crippen molar-refractivity contribution in [3.8, 4) is 23.3 Å². The largest absolute Gasteiger partial charge is 0.495 e. The first kappa shape index (κ1) is 16.4. The van der Waals surface area contributed by atoms with E-state index in [-0.39, 0.29) is 24.8 Å². The molecule has 0 saturated heterocycles. The van der Waals surface area contributed by atoms with E-state index in [0.717, 1.165) is 5.56 Å². The fraction of sp³-hybridized carbons (Fsp3) is 0.167. The van der Waals surface area contributed by atoms with Crippen LogP contribution in [0.1, 0.15) is 5.56 Å². The number of rotatable bonds is 5. The van der Waals surface area contributed by atoms with Gasteiger partial charge in [0.2, 0.25) is 0 Å². The van der Waals surface area contributed by atoms with E-state index < -0.39 is 5.82 Å². The van der Waals surface area contributed by atoms with Gasteiger partial charge in [-0.1, -0.05) is 36.1 Å². The Morgan fingerprint density at radius 3 is 2.57 bits per heavy atom. The van der Waals surface area contributed by atoms with Crippen LogP contribution in [0.2, 0.25) is 0 Å². The smallest absolute Gasteiger partial charge is 0.258 e. The molecule has 118 valence electrons. The van der Waals surface area contributed by atoms with Gasteiger partial charge < -0.3 is 14.8 Å². The second-order valence-corrected chi connectivity index (χ2v) is 4.50. The highest BCUT2D eigenvalue weighted by atomic mass is 19.1. The summed E-state index contributed by atoms with van der Waals surface area (Å²) < 4.78 is 23.6. The molecule has 5 heteroatoms. The molecule has 0 fully saturated rings. The summed E-state index contributed by atoms with van der Waals surface area (Å²) in [6, 6.07) is 13.3. The van der Waals surface area contributed by atoms with Crippen molar-refractivity contribution in [1.82, 2.24) is 5.32 Å². The van der Waals surface area contributed by atoms with E-state index >= 15 is 0 Å². The second-order valence-electron chi connectivity index (χ2n) is 4.50. The van der Waals surface area contributed by atoms with Crippen molar-refractivity contribution in [2.75, 3.05) is 20.3 Å². The van der Waals surface area contributed by atoms with Gasteiger partial charge in [-0.2, -0.15) is 0 Å². The molecule has 2 aromatic carbocycles. The number of carbonyl (C=O) groups excluding carboxylic acids is 1. The standard InChI is InChI=1S/C18H16FNO3/c1-22-16-10-4-2-7-14(16)8-6-12-20-18(21)13-23-17-11-5-3-9-15(17)19/h2-5,7,9-11H,12-13H2,1H3,(H,20,21). The average Bonchev–Trinajstić information content (AvgIpc) is 2.58. The quantitative estimate of drug-likeness (QED) is 0.862. The van der Waals surface area contributed by atoms with Crippen LogP contribution in [0.4, 0.5) is 4.39 Å². The summed E-state index contributed by atoms with van der Waals surface area (Å²) in [5.74, 6) is 5.58. The minimum absolute atomic E-state index is 0.0442. The van der Waals surface area contributed by atoms with Gasteiger partial charge in [-0.05, 0) is 24.3 Å². The fourth-order valence-electron chi connectivity index (χ4n) is 1.79. The van der Waals surface area contributed by atoms with Crippen LogP contribution in [0.5, 0.6) is 11.5 Å². The van der Waals surface area contributed by atoms with E-state index in [0.29, 0.717) is 5.75 Å². The van der Waals surface area contributed by atoms with E-state index in [1.54, 1.807) is 19.2 Å². The van der Waals surface area contributed by atoms with Gasteiger partial charge in [0.05, 0.1) is 19.2 Å². The maximum atomic E-state index is 13.3. The summed E-state index contributed by atoms with van der Waals surface area (Å²) in [4.78, 5) is 11.6. The first-order valence-electron chi connectivity index (χ1n) is 6.96. The normalized spacial score (nSPS) is 9.48. The number of para-hydroxylation sites is 2. The van der Waals surface area contributed by atoms with E-state index in [1.165, 1.54) is 12.1 Å². The molecule has 0 unspecified atom stereocenters. The van der Waals surface area contributed by atoms with Crippen molar-refractivity contribution < 1.29 is 18.7 Å². The monoisotopic (exact) mass is 313 g/mol. The van der Waals surface area contributed by atoms with E-state index in [1.807, 2.05) is 24.3 Å². The van der Waals surface area contributed by atoms with E-state index in [9.17, 15) is 9.18 Å². The first-order chi connectivity index (χ1) is 11.2. The van der Waals surface area contributed by atoms with Crippen molar-refractivity contribution >= 4 is 5.91 Å². The van der Waals surface area contributed by atoms with Crippen LogP contribution in [0, 0.1) is 17.7 Å². The Kier molecular flexibility index (Phi) is 6.01. The zero-order valence-corrected chi connectivity index (χ0v) is 12.6. The second kappa shape index (κ2) is 8.44. The SMILES string of the molecule is COc1ccccc1C#CCNC(=O)COc1ccccc1F. The number of hydrogen-bond acceptors (Lipinski definition) is 3. The molecule has 0 aromatic heterocycles. The average molecular weight is 313 g/mol. The van der Waals surface area contributed by atoms with Gasteiger partial charge in [-0.15, -0.1) is 0 Å². The highest BCUT2D eigenvalue weighted by Gasteiger charge is 2.05. The van der Waals surface area contributed by atoms with Gasteiger partial charge in [0, 0.05) is 0 Å². The number of hydrogen-bond donors (Lipinski definition) is 1. The zero-order chi connectivity index (χ0) is 16.5. The van der Waals surface area contributed by atoms with Crippen molar-refractivity contribution in [3.63, 3.8) is 0 Å². The van der Waals surface area contributed by atoms with Crippen molar-refractivity contribution in [2.24, 2.45) is 0 Å². The highest BCUT2D eigenvalue weighted by Crippen LogP contribution is 2.15. The van der Waals surface area contributed by atoms with Gasteiger partial charge in [-0.25, -0.2) is 4.39 Å². The third kappa shape index (κ3) is 5.04. The number of nitrogens with one attached hydrogen (secondary N) is 1. The van der Waals surface area contributed by atoms with Crippen LogP contribution in [0.25, 0.3) is 0 Å². The summed E-state index contributed by atoms with van der Waals surface area (Å²) in [7, 11) is 1.57. The van der Waals surface area contributed by atoms with Gasteiger partial charge in [-0.3, -0.25) is 4.79 Å². The van der Waals surface area contributed by atoms with E-state index in [4.69, 9.17) is 9.47 Å². The van der Waals surface area contributed by atoms with E-state index in [2.05, 4.69) is 17.2 Å². The summed E-state index contributed by atoms with van der Waals surface area (Å²) >= 11 is 0. The van der Waals surface area contributed by atoms with Gasteiger partial charge in [0.15, 0.2) is 18.2 Å². The van der Waals surface area contributed by atoms with Gasteiger partial charge in [0.1, 0.15) is 5.75 Å². The zero-order valence-electron chi connectivity index (χ0n) is 12.6. The molecule has 0 atom stereocenters. The Balaban J connectivity index is 1.79. The minimum Gasteiger partial charge on any atom is -0.495 e. The molecule has 1 N–H and O–H groups in total. The molecule has 0 bridgehead atoms. The lowest BCUT2D eigenvalue weighted by atomic mass is 10.2. The van der Waals surface area contributed by atoms with Crippen LogP contribution in [-0.2, 0) is 4.79 Å². The van der Waals surface area contributed by atoms with Crippen molar-refractivity contribution in [2.45, 2.75) is 0 Å². The Morgan fingerprint density at radius 2 is 1.83 bits per heavy atom. The Hall–Kier alpha value is -3.00. The van der Waals surface area contributed by atoms with Gasteiger partial charge >= 0.3 is 0 Å². The van der Waals surface area contributed by atoms with Crippen LogP contribution < -0.4 is 14.8 Å². The highest BCUT2D eigenvalue weighted by molar-refractivity contribution is 5.77. The third-order valence-corrected chi connectivity index (χ3v) is 2.90. The molecule has 0 aliphatic carbocycles. The van der Waals surface area contributed by atoms with Crippen LogP contribution in [-0.4, -0.2) is 26.2 Å². The maximum Gasteiger partial charge on any atom is 0.258 e. The Morgan fingerprint density at radius 1 is 1.13 bits per heavy atom. The predicted octanol–water partition coefficient (Wildman–Crippen LogP) is 2.38. The third-order valence-electron chi connectivity index (χ3n) is 2.90. The lowest BCUT2D eigenvalue weighted by Crippen LogP contribution is -2.29. The topological polar surface area (TPSA) is 47.6 Å². The molecule has 0 saturated carbocycles. The minimum atomic E-state index is -0.503. The Labute approximate surface area is 134 Å². The molecule has 0 aliphatic rings. The molecule has 2 rings (SSSR count). The fourth-order valence-corrected chi connectivity index (χ4v) is 1.79.